The number of nitrogens with one attached hydrogen (secondary N) is 1. The Labute approximate surface area is 254 Å². The first-order valence-corrected chi connectivity index (χ1v) is 16.9. The van der Waals surface area contributed by atoms with E-state index >= 15 is 0 Å². The number of allylic oxidation sites excluding steroid dienone is 1. The molecular weight excluding hydrogens is 574 g/mol. The lowest BCUT2D eigenvalue weighted by Gasteiger charge is -2.43. The van der Waals surface area contributed by atoms with Gasteiger partial charge in [-0.05, 0) is 98.2 Å². The molecule has 1 N–H and O–H groups in total. The number of benzene rings is 2. The number of halogens is 1. The van der Waals surface area contributed by atoms with Gasteiger partial charge >= 0.3 is 0 Å². The highest BCUT2D eigenvalue weighted by atomic mass is 35.5. The SMILES string of the molecule is CO[C@H]1/C=C/CCCS(=O)(NC(C)=O)=NC(=O)c2ccc3c(c2)N(Cc2ccc(Cl)cc2CCCCO3)C[C@@H]2CC[C@H]21. The number of rotatable bonds is 2. The first-order valence-electron chi connectivity index (χ1n) is 14.8. The van der Waals surface area contributed by atoms with Crippen LogP contribution in [0.5, 0.6) is 5.75 Å². The molecule has 2 aromatic rings. The van der Waals surface area contributed by atoms with Gasteiger partial charge < -0.3 is 14.4 Å². The predicted octanol–water partition coefficient (Wildman–Crippen LogP) is 6.11. The molecule has 0 aromatic heterocycles. The lowest BCUT2D eigenvalue weighted by atomic mass is 9.70. The number of fused-ring (bicyclic) bond motifs is 3. The van der Waals surface area contributed by atoms with E-state index in [0.29, 0.717) is 49.1 Å². The van der Waals surface area contributed by atoms with Gasteiger partial charge in [-0.1, -0.05) is 29.8 Å². The highest BCUT2D eigenvalue weighted by Crippen LogP contribution is 2.42. The van der Waals surface area contributed by atoms with Gasteiger partial charge in [0.25, 0.3) is 5.91 Å². The number of amides is 2. The van der Waals surface area contributed by atoms with Crippen molar-refractivity contribution in [3.63, 3.8) is 0 Å². The van der Waals surface area contributed by atoms with Crippen molar-refractivity contribution >= 4 is 39.0 Å². The number of ether oxygens (including phenoxy) is 2. The van der Waals surface area contributed by atoms with Crippen LogP contribution in [0.2, 0.25) is 5.02 Å². The van der Waals surface area contributed by atoms with Gasteiger partial charge in [-0.3, -0.25) is 14.3 Å². The molecule has 1 unspecified atom stereocenters. The van der Waals surface area contributed by atoms with E-state index in [0.717, 1.165) is 49.4 Å². The molecule has 5 rings (SSSR count). The van der Waals surface area contributed by atoms with Crippen LogP contribution in [0.1, 0.15) is 66.9 Å². The van der Waals surface area contributed by atoms with Crippen LogP contribution in [-0.4, -0.2) is 48.1 Å². The minimum Gasteiger partial charge on any atom is -0.491 e. The van der Waals surface area contributed by atoms with Crippen molar-refractivity contribution < 1.29 is 23.3 Å². The number of aryl methyl sites for hydroxylation is 1. The Morgan fingerprint density at radius 2 is 2.00 bits per heavy atom. The fraction of sp³-hybridized carbons (Fsp3) is 0.500. The second-order valence-corrected chi connectivity index (χ2v) is 14.0. The molecule has 2 heterocycles. The number of methoxy groups -OCH3 is 1. The van der Waals surface area contributed by atoms with E-state index in [4.69, 9.17) is 21.1 Å². The van der Waals surface area contributed by atoms with E-state index in [9.17, 15) is 13.8 Å². The summed E-state index contributed by atoms with van der Waals surface area (Å²) < 4.78 is 32.4. The summed E-state index contributed by atoms with van der Waals surface area (Å²) in [6.07, 6.45) is 10.2. The van der Waals surface area contributed by atoms with Crippen LogP contribution < -0.4 is 14.4 Å². The van der Waals surface area contributed by atoms with Gasteiger partial charge in [0, 0.05) is 37.7 Å². The van der Waals surface area contributed by atoms with Crippen LogP contribution in [0.4, 0.5) is 5.69 Å². The summed E-state index contributed by atoms with van der Waals surface area (Å²) in [5, 5.41) is 0.722. The smallest absolute Gasteiger partial charge is 0.286 e. The van der Waals surface area contributed by atoms with Crippen molar-refractivity contribution in [2.75, 3.05) is 30.9 Å². The van der Waals surface area contributed by atoms with Crippen LogP contribution in [-0.2, 0) is 32.4 Å². The molecule has 8 nitrogen and oxygen atoms in total. The zero-order chi connectivity index (χ0) is 29.7. The van der Waals surface area contributed by atoms with Gasteiger partial charge in [-0.2, -0.15) is 0 Å². The molecule has 3 aliphatic rings. The third-order valence-corrected chi connectivity index (χ3v) is 10.6. The zero-order valence-corrected chi connectivity index (χ0v) is 25.9. The third kappa shape index (κ3) is 7.36. The lowest BCUT2D eigenvalue weighted by molar-refractivity contribution is -0.117. The van der Waals surface area contributed by atoms with Crippen molar-refractivity contribution in [1.29, 1.82) is 0 Å². The number of carbonyl (C=O) groups is 2. The second-order valence-electron chi connectivity index (χ2n) is 11.5. The minimum absolute atomic E-state index is 0.0281. The molecule has 2 aliphatic heterocycles. The van der Waals surface area contributed by atoms with Crippen LogP contribution in [0.25, 0.3) is 0 Å². The van der Waals surface area contributed by atoms with Gasteiger partial charge in [0.1, 0.15) is 15.7 Å². The average Bonchev–Trinajstić information content (AvgIpc) is 2.96. The van der Waals surface area contributed by atoms with Gasteiger partial charge in [-0.25, -0.2) is 4.21 Å². The van der Waals surface area contributed by atoms with Gasteiger partial charge in [0.05, 0.1) is 24.2 Å². The molecule has 0 spiro atoms. The number of anilines is 1. The second kappa shape index (κ2) is 13.6. The summed E-state index contributed by atoms with van der Waals surface area (Å²) >= 11 is 6.41. The summed E-state index contributed by atoms with van der Waals surface area (Å²) in [7, 11) is -1.55. The Bertz CT molecular complexity index is 1470. The summed E-state index contributed by atoms with van der Waals surface area (Å²) in [5.41, 5.74) is 3.51. The summed E-state index contributed by atoms with van der Waals surface area (Å²) in [6.45, 7) is 3.21. The van der Waals surface area contributed by atoms with Crippen molar-refractivity contribution in [2.45, 2.75) is 64.5 Å². The van der Waals surface area contributed by atoms with Gasteiger partial charge in [0.15, 0.2) is 0 Å². The Kier molecular flexibility index (Phi) is 9.91. The van der Waals surface area contributed by atoms with Crippen molar-refractivity contribution in [2.24, 2.45) is 16.2 Å². The van der Waals surface area contributed by atoms with Crippen molar-refractivity contribution in [3.8, 4) is 5.75 Å². The first-order chi connectivity index (χ1) is 20.2. The lowest BCUT2D eigenvalue weighted by Crippen LogP contribution is -2.43. The molecule has 2 amide bonds. The molecule has 2 aromatic carbocycles. The molecule has 1 fully saturated rings. The minimum atomic E-state index is -3.30. The average molecular weight is 614 g/mol. The van der Waals surface area contributed by atoms with E-state index in [2.05, 4.69) is 32.2 Å². The van der Waals surface area contributed by atoms with E-state index in [1.807, 2.05) is 18.2 Å². The maximum absolute atomic E-state index is 13.6. The van der Waals surface area contributed by atoms with Gasteiger partial charge in [-0.15, -0.1) is 4.36 Å². The first kappa shape index (κ1) is 30.6. The zero-order valence-electron chi connectivity index (χ0n) is 24.4. The number of nitrogens with zero attached hydrogens (tertiary/aromatic N) is 2. The number of hydrogen-bond acceptors (Lipinski definition) is 6. The van der Waals surface area contributed by atoms with Crippen LogP contribution in [0.15, 0.2) is 52.9 Å². The number of hydrogen-bond donors (Lipinski definition) is 1. The van der Waals surface area contributed by atoms with Gasteiger partial charge in [0.2, 0.25) is 5.91 Å². The number of carbonyl (C=O) groups excluding carboxylic acids is 2. The normalized spacial score (nSPS) is 27.5. The summed E-state index contributed by atoms with van der Waals surface area (Å²) in [6, 6.07) is 11.4. The van der Waals surface area contributed by atoms with Crippen LogP contribution in [0.3, 0.4) is 0 Å². The van der Waals surface area contributed by atoms with Crippen LogP contribution >= 0.6 is 11.6 Å². The highest BCUT2D eigenvalue weighted by molar-refractivity contribution is 7.92. The molecule has 4 atom stereocenters. The third-order valence-electron chi connectivity index (χ3n) is 8.45. The molecule has 2 bridgehead atoms. The summed E-state index contributed by atoms with van der Waals surface area (Å²) in [4.78, 5) is 27.7. The molecule has 42 heavy (non-hydrogen) atoms. The fourth-order valence-corrected chi connectivity index (χ4v) is 7.96. The Morgan fingerprint density at radius 1 is 1.14 bits per heavy atom. The quantitative estimate of drug-likeness (QED) is 0.410. The van der Waals surface area contributed by atoms with E-state index in [1.165, 1.54) is 18.1 Å². The Hall–Kier alpha value is -2.88. The Morgan fingerprint density at radius 3 is 2.76 bits per heavy atom. The van der Waals surface area contributed by atoms with Crippen molar-refractivity contribution in [1.82, 2.24) is 4.72 Å². The van der Waals surface area contributed by atoms with Crippen LogP contribution in [0, 0.1) is 11.8 Å². The topological polar surface area (TPSA) is 97.3 Å². The van der Waals surface area contributed by atoms with Crippen molar-refractivity contribution in [3.05, 3.63) is 70.3 Å². The largest absolute Gasteiger partial charge is 0.491 e. The molecule has 10 heteroatoms. The Balaban J connectivity index is 1.63. The van der Waals surface area contributed by atoms with E-state index in [1.54, 1.807) is 19.2 Å². The highest BCUT2D eigenvalue weighted by Gasteiger charge is 2.38. The molecule has 1 saturated carbocycles. The molecule has 0 radical (unpaired) electrons. The van der Waals surface area contributed by atoms with E-state index < -0.39 is 21.7 Å². The van der Waals surface area contributed by atoms with E-state index in [-0.39, 0.29) is 11.9 Å². The standard InChI is InChI=1S/C32H40ClN3O5S/c1-22(37)34-42(39)17-7-3-4-9-30(40-2)28-14-11-26(28)21-36-20-25-10-13-27(33)18-23(25)8-5-6-16-41-31-15-12-24(19-29(31)36)32(38)35-42/h4,9-10,12-13,15,18-19,26,28,30H,3,5-8,11,14,16-17,20-21H2,1-2H3,(H,34,35,37,38,39)/b9-4+/t26-,28+,30-,42?/m0/s1. The maximum Gasteiger partial charge on any atom is 0.286 e. The monoisotopic (exact) mass is 613 g/mol. The summed E-state index contributed by atoms with van der Waals surface area (Å²) in [5.74, 6) is 0.412. The molecular formula is C32H40ClN3O5S. The molecule has 0 saturated heterocycles. The maximum atomic E-state index is 13.6. The predicted molar refractivity (Wildman–Crippen MR) is 166 cm³/mol. The molecule has 1 aliphatic carbocycles. The fourth-order valence-electron chi connectivity index (χ4n) is 6.15. The molecule has 226 valence electrons.